The van der Waals surface area contributed by atoms with Crippen LogP contribution in [-0.4, -0.2) is 36.4 Å². The van der Waals surface area contributed by atoms with E-state index >= 15 is 0 Å². The van der Waals surface area contributed by atoms with E-state index in [1.54, 1.807) is 7.11 Å². The highest BCUT2D eigenvalue weighted by molar-refractivity contribution is 7.17. The molecular weight excluding hydrogens is 226 g/mol. The third kappa shape index (κ3) is 3.57. The number of carbonyl (C=O) groups is 1. The number of methoxy groups -OCH3 is 1. The summed E-state index contributed by atoms with van der Waals surface area (Å²) in [5.41, 5.74) is 0. The monoisotopic (exact) mass is 235 g/mol. The summed E-state index contributed by atoms with van der Waals surface area (Å²) in [6, 6.07) is 0. The van der Waals surface area contributed by atoms with Crippen LogP contribution in [-0.2, 0) is 4.74 Å². The molecule has 14 heavy (non-hydrogen) atoms. The maximum Gasteiger partial charge on any atom is 0.282 e. The molecule has 1 aromatic rings. The normalized spacial score (nSPS) is 10.1. The standard InChI is InChI=1S/C7H10ClN3O2S/c1-13-4-2-3-9-5(12)6-10-11-7(8)14-6/h2-4H2,1H3,(H,9,12). The fourth-order valence-corrected chi connectivity index (χ4v) is 1.54. The second kappa shape index (κ2) is 5.90. The molecular formula is C7H10ClN3O2S. The van der Waals surface area contributed by atoms with Gasteiger partial charge < -0.3 is 10.1 Å². The Morgan fingerprint density at radius 3 is 3.00 bits per heavy atom. The second-order valence-corrected chi connectivity index (χ2v) is 4.02. The Balaban J connectivity index is 2.29. The summed E-state index contributed by atoms with van der Waals surface area (Å²) in [6.45, 7) is 1.18. The van der Waals surface area contributed by atoms with Crippen LogP contribution < -0.4 is 5.32 Å². The molecule has 1 aromatic heterocycles. The minimum atomic E-state index is -0.245. The van der Waals surface area contributed by atoms with E-state index in [9.17, 15) is 4.79 Å². The average molecular weight is 236 g/mol. The van der Waals surface area contributed by atoms with Gasteiger partial charge in [-0.1, -0.05) is 11.3 Å². The van der Waals surface area contributed by atoms with Gasteiger partial charge in [-0.05, 0) is 18.0 Å². The second-order valence-electron chi connectivity index (χ2n) is 2.46. The van der Waals surface area contributed by atoms with E-state index in [0.29, 0.717) is 13.2 Å². The van der Waals surface area contributed by atoms with Crippen molar-refractivity contribution in [1.82, 2.24) is 15.5 Å². The number of carbonyl (C=O) groups excluding carboxylic acids is 1. The maximum atomic E-state index is 11.3. The molecule has 0 aromatic carbocycles. The summed E-state index contributed by atoms with van der Waals surface area (Å²) in [5.74, 6) is -0.245. The van der Waals surface area contributed by atoms with Crippen molar-refractivity contribution in [1.29, 1.82) is 0 Å². The predicted molar refractivity (Wildman–Crippen MR) is 53.7 cm³/mol. The highest BCUT2D eigenvalue weighted by atomic mass is 35.5. The van der Waals surface area contributed by atoms with Gasteiger partial charge in [0.1, 0.15) is 0 Å². The van der Waals surface area contributed by atoms with Crippen LogP contribution in [0.4, 0.5) is 0 Å². The minimum absolute atomic E-state index is 0.245. The number of aromatic nitrogens is 2. The first-order valence-corrected chi connectivity index (χ1v) is 5.19. The van der Waals surface area contributed by atoms with Gasteiger partial charge in [-0.2, -0.15) is 0 Å². The highest BCUT2D eigenvalue weighted by Crippen LogP contribution is 2.14. The van der Waals surface area contributed by atoms with Gasteiger partial charge in [-0.3, -0.25) is 4.79 Å². The van der Waals surface area contributed by atoms with Crippen molar-refractivity contribution >= 4 is 28.8 Å². The van der Waals surface area contributed by atoms with E-state index in [-0.39, 0.29) is 15.4 Å². The molecule has 0 radical (unpaired) electrons. The van der Waals surface area contributed by atoms with Crippen molar-refractivity contribution in [3.8, 4) is 0 Å². The third-order valence-corrected chi connectivity index (χ3v) is 2.42. The third-order valence-electron chi connectivity index (χ3n) is 1.41. The molecule has 0 unspecified atom stereocenters. The first-order valence-electron chi connectivity index (χ1n) is 4.00. The van der Waals surface area contributed by atoms with Crippen molar-refractivity contribution in [2.75, 3.05) is 20.3 Å². The number of halogens is 1. The fourth-order valence-electron chi connectivity index (χ4n) is 0.791. The van der Waals surface area contributed by atoms with Gasteiger partial charge in [0.25, 0.3) is 5.91 Å². The average Bonchev–Trinajstić information content (AvgIpc) is 2.59. The molecule has 0 bridgehead atoms. The lowest BCUT2D eigenvalue weighted by molar-refractivity contribution is 0.0947. The molecule has 0 aliphatic heterocycles. The van der Waals surface area contributed by atoms with Crippen molar-refractivity contribution in [2.24, 2.45) is 0 Å². The quantitative estimate of drug-likeness (QED) is 0.772. The number of hydrogen-bond acceptors (Lipinski definition) is 5. The number of nitrogens with one attached hydrogen (secondary N) is 1. The van der Waals surface area contributed by atoms with Gasteiger partial charge >= 0.3 is 0 Å². The zero-order valence-electron chi connectivity index (χ0n) is 7.62. The van der Waals surface area contributed by atoms with Crippen molar-refractivity contribution in [3.05, 3.63) is 9.47 Å². The Morgan fingerprint density at radius 2 is 2.43 bits per heavy atom. The molecule has 0 saturated heterocycles. The van der Waals surface area contributed by atoms with E-state index in [4.69, 9.17) is 16.3 Å². The molecule has 0 fully saturated rings. The highest BCUT2D eigenvalue weighted by Gasteiger charge is 2.10. The summed E-state index contributed by atoms with van der Waals surface area (Å²) in [6.07, 6.45) is 0.773. The van der Waals surface area contributed by atoms with Crippen LogP contribution in [0.5, 0.6) is 0 Å². The van der Waals surface area contributed by atoms with E-state index in [2.05, 4.69) is 15.5 Å². The van der Waals surface area contributed by atoms with Crippen molar-refractivity contribution in [3.63, 3.8) is 0 Å². The molecule has 5 nitrogen and oxygen atoms in total. The van der Waals surface area contributed by atoms with Gasteiger partial charge in [0.15, 0.2) is 0 Å². The number of nitrogens with zero attached hydrogens (tertiary/aromatic N) is 2. The minimum Gasteiger partial charge on any atom is -0.385 e. The Labute approximate surface area is 90.4 Å². The lowest BCUT2D eigenvalue weighted by Gasteiger charge is -2.00. The Kier molecular flexibility index (Phi) is 4.78. The van der Waals surface area contributed by atoms with Gasteiger partial charge in [0.2, 0.25) is 9.47 Å². The lowest BCUT2D eigenvalue weighted by Crippen LogP contribution is -2.25. The summed E-state index contributed by atoms with van der Waals surface area (Å²) >= 11 is 6.59. The summed E-state index contributed by atoms with van der Waals surface area (Å²) in [5, 5.41) is 10.1. The number of hydrogen-bond donors (Lipinski definition) is 1. The molecule has 0 atom stereocenters. The van der Waals surface area contributed by atoms with E-state index in [0.717, 1.165) is 17.8 Å². The molecule has 0 aliphatic rings. The van der Waals surface area contributed by atoms with Crippen LogP contribution in [0, 0.1) is 0 Å². The Bertz CT molecular complexity index is 305. The maximum absolute atomic E-state index is 11.3. The topological polar surface area (TPSA) is 64.1 Å². The van der Waals surface area contributed by atoms with E-state index < -0.39 is 0 Å². The van der Waals surface area contributed by atoms with Crippen molar-refractivity contribution in [2.45, 2.75) is 6.42 Å². The van der Waals surface area contributed by atoms with Crippen LogP contribution >= 0.6 is 22.9 Å². The number of amides is 1. The molecule has 7 heteroatoms. The molecule has 0 saturated carbocycles. The van der Waals surface area contributed by atoms with Crippen molar-refractivity contribution < 1.29 is 9.53 Å². The summed E-state index contributed by atoms with van der Waals surface area (Å²) < 4.78 is 5.11. The van der Waals surface area contributed by atoms with Crippen LogP contribution in [0.3, 0.4) is 0 Å². The van der Waals surface area contributed by atoms with Gasteiger partial charge in [0.05, 0.1) is 0 Å². The SMILES string of the molecule is COCCCNC(=O)c1nnc(Cl)s1. The Hall–Kier alpha value is -0.720. The summed E-state index contributed by atoms with van der Waals surface area (Å²) in [7, 11) is 1.62. The fraction of sp³-hybridized carbons (Fsp3) is 0.571. The smallest absolute Gasteiger partial charge is 0.282 e. The van der Waals surface area contributed by atoms with Crippen LogP contribution in [0.2, 0.25) is 4.47 Å². The first-order chi connectivity index (χ1) is 6.74. The molecule has 1 heterocycles. The van der Waals surface area contributed by atoms with Gasteiger partial charge in [-0.25, -0.2) is 0 Å². The van der Waals surface area contributed by atoms with E-state index in [1.807, 2.05) is 0 Å². The molecule has 0 spiro atoms. The number of rotatable bonds is 5. The van der Waals surface area contributed by atoms with E-state index in [1.165, 1.54) is 0 Å². The first kappa shape index (κ1) is 11.4. The zero-order valence-corrected chi connectivity index (χ0v) is 9.19. The number of ether oxygens (including phenoxy) is 1. The van der Waals surface area contributed by atoms with Gasteiger partial charge in [-0.15, -0.1) is 10.2 Å². The lowest BCUT2D eigenvalue weighted by atomic mass is 10.4. The molecule has 78 valence electrons. The summed E-state index contributed by atoms with van der Waals surface area (Å²) in [4.78, 5) is 11.3. The Morgan fingerprint density at radius 1 is 1.64 bits per heavy atom. The van der Waals surface area contributed by atoms with Crippen LogP contribution in [0.25, 0.3) is 0 Å². The molecule has 1 amide bonds. The van der Waals surface area contributed by atoms with Gasteiger partial charge in [0, 0.05) is 20.3 Å². The molecule has 1 N–H and O–H groups in total. The predicted octanol–water partition coefficient (Wildman–Crippen LogP) is 0.958. The van der Waals surface area contributed by atoms with Crippen LogP contribution in [0.15, 0.2) is 0 Å². The molecule has 0 aliphatic carbocycles. The largest absolute Gasteiger partial charge is 0.385 e. The zero-order chi connectivity index (χ0) is 10.4. The van der Waals surface area contributed by atoms with Crippen LogP contribution in [0.1, 0.15) is 16.2 Å². The molecule has 1 rings (SSSR count).